The molecule has 1 atom stereocenters. The van der Waals surface area contributed by atoms with Gasteiger partial charge >= 0.3 is 5.97 Å². The fourth-order valence-corrected chi connectivity index (χ4v) is 2.55. The first kappa shape index (κ1) is 8.62. The van der Waals surface area contributed by atoms with Crippen LogP contribution in [0.5, 0.6) is 0 Å². The lowest BCUT2D eigenvalue weighted by atomic mass is 10.1. The van der Waals surface area contributed by atoms with E-state index in [1.165, 1.54) is 12.0 Å². The van der Waals surface area contributed by atoms with E-state index in [4.69, 9.17) is 0 Å². The number of nitrogens with zero attached hydrogens (tertiary/aromatic N) is 1. The Balaban J connectivity index is 2.21. The van der Waals surface area contributed by atoms with Crippen LogP contribution in [-0.4, -0.2) is 35.0 Å². The molecular weight excluding hydrogens is 190 g/mol. The molecule has 1 saturated heterocycles. The van der Waals surface area contributed by atoms with Crippen LogP contribution >= 0.6 is 11.8 Å². The smallest absolute Gasteiger partial charge is 0.354 e. The summed E-state index contributed by atoms with van der Waals surface area (Å²) in [4.78, 5) is 23.9. The number of thioether (sulfide) groups is 1. The fraction of sp³-hybridized carbons (Fsp3) is 0.500. The molecule has 0 spiro atoms. The van der Waals surface area contributed by atoms with Crippen molar-refractivity contribution in [3.05, 3.63) is 11.8 Å². The standard InChI is InChI=1S/C8H9NO3S/c1-12-8(11)5-2-3-13-7-4-6(10)9(5)7/h2,7H,3-4H2,1H3/t7-/m1/s1. The summed E-state index contributed by atoms with van der Waals surface area (Å²) < 4.78 is 4.58. The number of hydrogen-bond donors (Lipinski definition) is 0. The average molecular weight is 199 g/mol. The van der Waals surface area contributed by atoms with Crippen molar-refractivity contribution in [1.29, 1.82) is 0 Å². The minimum Gasteiger partial charge on any atom is -0.464 e. The van der Waals surface area contributed by atoms with Gasteiger partial charge in [-0.1, -0.05) is 0 Å². The van der Waals surface area contributed by atoms with Gasteiger partial charge in [0.2, 0.25) is 5.91 Å². The van der Waals surface area contributed by atoms with Gasteiger partial charge in [-0.25, -0.2) is 4.79 Å². The number of esters is 1. The van der Waals surface area contributed by atoms with Crippen LogP contribution in [0, 0.1) is 0 Å². The molecule has 0 unspecified atom stereocenters. The van der Waals surface area contributed by atoms with E-state index in [1.807, 2.05) is 0 Å². The molecular formula is C8H9NO3S. The van der Waals surface area contributed by atoms with Crippen LogP contribution in [-0.2, 0) is 14.3 Å². The molecule has 0 aromatic rings. The van der Waals surface area contributed by atoms with Gasteiger partial charge in [0.1, 0.15) is 5.70 Å². The molecule has 70 valence electrons. The van der Waals surface area contributed by atoms with Crippen LogP contribution in [0.4, 0.5) is 0 Å². The highest BCUT2D eigenvalue weighted by atomic mass is 32.2. The van der Waals surface area contributed by atoms with Crippen molar-refractivity contribution in [2.45, 2.75) is 11.8 Å². The molecule has 1 amide bonds. The van der Waals surface area contributed by atoms with Crippen molar-refractivity contribution in [3.8, 4) is 0 Å². The van der Waals surface area contributed by atoms with Gasteiger partial charge in [0.25, 0.3) is 0 Å². The van der Waals surface area contributed by atoms with E-state index >= 15 is 0 Å². The monoisotopic (exact) mass is 199 g/mol. The number of rotatable bonds is 1. The first-order valence-corrected chi connectivity index (χ1v) is 5.01. The minimum absolute atomic E-state index is 0.00819. The highest BCUT2D eigenvalue weighted by Gasteiger charge is 2.43. The molecule has 2 aliphatic heterocycles. The molecule has 0 bridgehead atoms. The summed E-state index contributed by atoms with van der Waals surface area (Å²) in [5, 5.41) is 0.159. The third-order valence-electron chi connectivity index (χ3n) is 2.13. The minimum atomic E-state index is -0.418. The highest BCUT2D eigenvalue weighted by Crippen LogP contribution is 2.36. The van der Waals surface area contributed by atoms with Gasteiger partial charge in [0.15, 0.2) is 0 Å². The van der Waals surface area contributed by atoms with Gasteiger partial charge in [-0.05, 0) is 6.08 Å². The molecule has 0 aromatic heterocycles. The highest BCUT2D eigenvalue weighted by molar-refractivity contribution is 8.00. The van der Waals surface area contributed by atoms with Crippen LogP contribution in [0.3, 0.4) is 0 Å². The fourth-order valence-electron chi connectivity index (χ4n) is 1.43. The average Bonchev–Trinajstić information content (AvgIpc) is 2.14. The van der Waals surface area contributed by atoms with Gasteiger partial charge in [0.05, 0.1) is 18.9 Å². The molecule has 1 fully saturated rings. The van der Waals surface area contributed by atoms with Crippen LogP contribution < -0.4 is 0 Å². The molecule has 13 heavy (non-hydrogen) atoms. The molecule has 0 radical (unpaired) electrons. The normalized spacial score (nSPS) is 25.9. The molecule has 5 heteroatoms. The van der Waals surface area contributed by atoms with Crippen LogP contribution in [0.15, 0.2) is 11.8 Å². The van der Waals surface area contributed by atoms with Gasteiger partial charge in [0, 0.05) is 5.75 Å². The number of carbonyl (C=O) groups excluding carboxylic acids is 2. The lowest BCUT2D eigenvalue weighted by Crippen LogP contribution is -2.53. The zero-order chi connectivity index (χ0) is 9.42. The summed E-state index contributed by atoms with van der Waals surface area (Å²) in [5.74, 6) is 0.367. The predicted molar refractivity (Wildman–Crippen MR) is 47.8 cm³/mol. The quantitative estimate of drug-likeness (QED) is 0.451. The second kappa shape index (κ2) is 3.06. The van der Waals surface area contributed by atoms with Gasteiger partial charge < -0.3 is 4.74 Å². The third kappa shape index (κ3) is 1.23. The molecule has 0 aromatic carbocycles. The Morgan fingerprint density at radius 2 is 2.54 bits per heavy atom. The maximum atomic E-state index is 11.2. The lowest BCUT2D eigenvalue weighted by molar-refractivity contribution is -0.147. The molecule has 0 aliphatic carbocycles. The number of methoxy groups -OCH3 is 1. The molecule has 4 nitrogen and oxygen atoms in total. The van der Waals surface area contributed by atoms with Crippen LogP contribution in [0.25, 0.3) is 0 Å². The number of fused-ring (bicyclic) bond motifs is 1. The maximum Gasteiger partial charge on any atom is 0.354 e. The van der Waals surface area contributed by atoms with E-state index in [1.54, 1.807) is 17.8 Å². The Morgan fingerprint density at radius 3 is 3.15 bits per heavy atom. The van der Waals surface area contributed by atoms with E-state index in [-0.39, 0.29) is 11.3 Å². The SMILES string of the molecule is COC(=O)C1=CCS[C@@H]2CC(=O)N12. The third-order valence-corrected chi connectivity index (χ3v) is 3.25. The van der Waals surface area contributed by atoms with Crippen molar-refractivity contribution >= 4 is 23.6 Å². The van der Waals surface area contributed by atoms with Gasteiger partial charge in [-0.3, -0.25) is 9.69 Å². The summed E-state index contributed by atoms with van der Waals surface area (Å²) >= 11 is 1.67. The zero-order valence-electron chi connectivity index (χ0n) is 7.15. The van der Waals surface area contributed by atoms with Crippen molar-refractivity contribution in [2.75, 3.05) is 12.9 Å². The summed E-state index contributed by atoms with van der Waals surface area (Å²) in [5.41, 5.74) is 0.405. The number of β-lactam (4-membered cyclic amide) rings is 1. The van der Waals surface area contributed by atoms with E-state index in [0.29, 0.717) is 12.1 Å². The topological polar surface area (TPSA) is 46.6 Å². The van der Waals surface area contributed by atoms with Crippen LogP contribution in [0.1, 0.15) is 6.42 Å². The number of hydrogen-bond acceptors (Lipinski definition) is 4. The molecule has 0 saturated carbocycles. The lowest BCUT2D eigenvalue weighted by Gasteiger charge is -2.42. The molecule has 2 heterocycles. The molecule has 0 N–H and O–H groups in total. The van der Waals surface area contributed by atoms with E-state index in [0.717, 1.165) is 5.75 Å². The van der Waals surface area contributed by atoms with E-state index < -0.39 is 5.97 Å². The predicted octanol–water partition coefficient (Wildman–Crippen LogP) is 0.348. The Hall–Kier alpha value is -0.970. The Bertz CT molecular complexity index is 300. The largest absolute Gasteiger partial charge is 0.464 e. The molecule has 2 rings (SSSR count). The summed E-state index contributed by atoms with van der Waals surface area (Å²) in [7, 11) is 1.32. The van der Waals surface area contributed by atoms with Gasteiger partial charge in [-0.15, -0.1) is 11.8 Å². The second-order valence-corrected chi connectivity index (χ2v) is 4.05. The Morgan fingerprint density at radius 1 is 1.77 bits per heavy atom. The first-order chi connectivity index (χ1) is 6.24. The van der Waals surface area contributed by atoms with Gasteiger partial charge in [-0.2, -0.15) is 0 Å². The summed E-state index contributed by atoms with van der Waals surface area (Å²) in [6.07, 6.45) is 2.28. The van der Waals surface area contributed by atoms with Crippen molar-refractivity contribution in [3.63, 3.8) is 0 Å². The Kier molecular flexibility index (Phi) is 2.03. The first-order valence-electron chi connectivity index (χ1n) is 3.96. The van der Waals surface area contributed by atoms with Crippen molar-refractivity contribution < 1.29 is 14.3 Å². The number of carbonyl (C=O) groups is 2. The number of ether oxygens (including phenoxy) is 1. The zero-order valence-corrected chi connectivity index (χ0v) is 7.97. The second-order valence-electron chi connectivity index (χ2n) is 2.84. The number of amides is 1. The van der Waals surface area contributed by atoms with Crippen LogP contribution in [0.2, 0.25) is 0 Å². The maximum absolute atomic E-state index is 11.2. The summed E-state index contributed by atoms with van der Waals surface area (Å²) in [6, 6.07) is 0. The van der Waals surface area contributed by atoms with Crippen molar-refractivity contribution in [2.24, 2.45) is 0 Å². The van der Waals surface area contributed by atoms with Crippen molar-refractivity contribution in [1.82, 2.24) is 4.90 Å². The summed E-state index contributed by atoms with van der Waals surface area (Å²) in [6.45, 7) is 0. The molecule has 2 aliphatic rings. The Labute approximate surface area is 79.9 Å². The van der Waals surface area contributed by atoms with E-state index in [9.17, 15) is 9.59 Å². The van der Waals surface area contributed by atoms with E-state index in [2.05, 4.69) is 4.74 Å².